The van der Waals surface area contributed by atoms with Gasteiger partial charge < -0.3 is 24.8 Å². The molecule has 1 atom stereocenters. The molecule has 0 bridgehead atoms. The van der Waals surface area contributed by atoms with Gasteiger partial charge in [-0.3, -0.25) is 9.78 Å². The topological polar surface area (TPSA) is 84.3 Å². The smallest absolute Gasteiger partial charge is 0.270 e. The number of amides is 1. The number of nitrogens with one attached hydrogen (secondary N) is 2. The van der Waals surface area contributed by atoms with Crippen molar-refractivity contribution >= 4 is 44.5 Å². The van der Waals surface area contributed by atoms with E-state index in [1.807, 2.05) is 41.9 Å². The molecule has 5 rings (SSSR count). The fraction of sp³-hybridized carbons (Fsp3) is 0.321. The number of benzene rings is 2. The van der Waals surface area contributed by atoms with E-state index in [1.54, 1.807) is 18.3 Å². The average molecular weight is 564 g/mol. The van der Waals surface area contributed by atoms with Crippen molar-refractivity contribution in [3.63, 3.8) is 0 Å². The lowest BCUT2D eigenvalue weighted by molar-refractivity contribution is 0.0945. The lowest BCUT2D eigenvalue weighted by Gasteiger charge is -2.19. The number of imidazole rings is 1. The molecule has 2 aromatic carbocycles. The number of carbonyl (C=O) groups is 1. The Kier molecular flexibility index (Phi) is 7.43. The van der Waals surface area contributed by atoms with Crippen LogP contribution in [-0.4, -0.2) is 51.5 Å². The molecule has 192 valence electrons. The molecule has 0 saturated carbocycles. The van der Waals surface area contributed by atoms with Crippen LogP contribution in [0.15, 0.2) is 59.2 Å². The molecular weight excluding hydrogens is 532 g/mol. The van der Waals surface area contributed by atoms with E-state index in [-0.39, 0.29) is 5.91 Å². The quantitative estimate of drug-likeness (QED) is 0.283. The third kappa shape index (κ3) is 5.78. The van der Waals surface area contributed by atoms with Crippen LogP contribution in [0.1, 0.15) is 35.3 Å². The first-order valence-corrected chi connectivity index (χ1v) is 13.3. The predicted octanol–water partition coefficient (Wildman–Crippen LogP) is 5.79. The summed E-state index contributed by atoms with van der Waals surface area (Å²) in [7, 11) is 4.12. The van der Waals surface area contributed by atoms with Crippen LogP contribution in [0.3, 0.4) is 0 Å². The zero-order valence-electron chi connectivity index (χ0n) is 21.3. The van der Waals surface area contributed by atoms with Crippen LogP contribution >= 0.6 is 15.9 Å². The van der Waals surface area contributed by atoms with Crippen LogP contribution in [0.2, 0.25) is 0 Å². The van der Waals surface area contributed by atoms with Gasteiger partial charge in [0.05, 0.1) is 11.0 Å². The molecule has 2 aromatic heterocycles. The Morgan fingerprint density at radius 3 is 2.76 bits per heavy atom. The summed E-state index contributed by atoms with van der Waals surface area (Å²) in [5.41, 5.74) is 4.23. The highest BCUT2D eigenvalue weighted by atomic mass is 79.9. The Morgan fingerprint density at radius 2 is 1.97 bits per heavy atom. The summed E-state index contributed by atoms with van der Waals surface area (Å²) in [6, 6.07) is 15.8. The van der Waals surface area contributed by atoms with Crippen LogP contribution in [0.25, 0.3) is 11.0 Å². The summed E-state index contributed by atoms with van der Waals surface area (Å²) in [4.78, 5) is 24.0. The molecule has 37 heavy (non-hydrogen) atoms. The van der Waals surface area contributed by atoms with Gasteiger partial charge in [0, 0.05) is 48.1 Å². The highest BCUT2D eigenvalue weighted by molar-refractivity contribution is 9.10. The molecule has 1 amide bonds. The second-order valence-corrected chi connectivity index (χ2v) is 10.4. The summed E-state index contributed by atoms with van der Waals surface area (Å²) in [5.74, 6) is 1.74. The van der Waals surface area contributed by atoms with Crippen LogP contribution < -0.4 is 15.4 Å². The molecule has 1 fully saturated rings. The largest absolute Gasteiger partial charge is 0.457 e. The van der Waals surface area contributed by atoms with Gasteiger partial charge in [-0.1, -0.05) is 15.9 Å². The molecule has 1 aliphatic rings. The minimum Gasteiger partial charge on any atom is -0.457 e. The fourth-order valence-corrected chi connectivity index (χ4v) is 4.97. The Labute approximate surface area is 225 Å². The maximum Gasteiger partial charge on any atom is 0.270 e. The maximum absolute atomic E-state index is 12.6. The van der Waals surface area contributed by atoms with Gasteiger partial charge in [0.25, 0.3) is 5.91 Å². The van der Waals surface area contributed by atoms with E-state index >= 15 is 0 Å². The molecule has 0 aliphatic carbocycles. The van der Waals surface area contributed by atoms with Crippen LogP contribution in [0.4, 0.5) is 11.6 Å². The van der Waals surface area contributed by atoms with E-state index in [4.69, 9.17) is 9.72 Å². The van der Waals surface area contributed by atoms with Crippen molar-refractivity contribution in [2.45, 2.75) is 32.2 Å². The molecule has 9 heteroatoms. The van der Waals surface area contributed by atoms with Gasteiger partial charge in [0.1, 0.15) is 17.2 Å². The van der Waals surface area contributed by atoms with E-state index in [1.165, 1.54) is 12.8 Å². The van der Waals surface area contributed by atoms with Crippen molar-refractivity contribution in [2.75, 3.05) is 25.5 Å². The Bertz CT molecular complexity index is 1440. The number of fused-ring (bicyclic) bond motifs is 1. The molecule has 1 saturated heterocycles. The Hall–Kier alpha value is -3.43. The van der Waals surface area contributed by atoms with Gasteiger partial charge in [-0.15, -0.1) is 0 Å². The van der Waals surface area contributed by atoms with Crippen LogP contribution in [0.5, 0.6) is 11.5 Å². The molecule has 2 N–H and O–H groups in total. The number of aromatic nitrogens is 3. The monoisotopic (exact) mass is 562 g/mol. The van der Waals surface area contributed by atoms with E-state index in [0.29, 0.717) is 29.8 Å². The number of likely N-dealkylation sites (tertiary alicyclic amines) is 1. The van der Waals surface area contributed by atoms with Gasteiger partial charge in [-0.2, -0.15) is 0 Å². The van der Waals surface area contributed by atoms with Crippen LogP contribution in [0, 0.1) is 6.92 Å². The van der Waals surface area contributed by atoms with Crippen molar-refractivity contribution in [2.24, 2.45) is 7.05 Å². The summed E-state index contributed by atoms with van der Waals surface area (Å²) >= 11 is 3.54. The number of anilines is 2. The third-order valence-corrected chi connectivity index (χ3v) is 7.79. The molecule has 1 aliphatic heterocycles. The van der Waals surface area contributed by atoms with Crippen molar-refractivity contribution in [3.05, 3.63) is 70.5 Å². The molecule has 0 radical (unpaired) electrons. The number of ether oxygens (including phenoxy) is 1. The number of rotatable bonds is 8. The SMILES string of the molecule is Cc1cc(Nc2nc3cc(Oc4ccnc(C(=O)NCCC5CCCN5C)c4)ccc3n2C)ccc1Br. The highest BCUT2D eigenvalue weighted by Gasteiger charge is 2.20. The number of halogens is 1. The fourth-order valence-electron chi connectivity index (χ4n) is 4.73. The van der Waals surface area contributed by atoms with Crippen LogP contribution in [-0.2, 0) is 7.05 Å². The number of hydrogen-bond donors (Lipinski definition) is 2. The Morgan fingerprint density at radius 1 is 1.14 bits per heavy atom. The average Bonchev–Trinajstić information content (AvgIpc) is 3.43. The number of carbonyl (C=O) groups excluding carboxylic acids is 1. The van der Waals surface area contributed by atoms with E-state index in [0.717, 1.165) is 45.7 Å². The molecule has 8 nitrogen and oxygen atoms in total. The van der Waals surface area contributed by atoms with Crippen molar-refractivity contribution < 1.29 is 9.53 Å². The van der Waals surface area contributed by atoms with Gasteiger partial charge in [-0.25, -0.2) is 4.98 Å². The second-order valence-electron chi connectivity index (χ2n) is 9.53. The zero-order chi connectivity index (χ0) is 25.9. The summed E-state index contributed by atoms with van der Waals surface area (Å²) < 4.78 is 9.15. The first-order valence-electron chi connectivity index (χ1n) is 12.5. The van der Waals surface area contributed by atoms with E-state index < -0.39 is 0 Å². The zero-order valence-corrected chi connectivity index (χ0v) is 22.9. The molecular formula is C28H31BrN6O2. The number of pyridine rings is 1. The molecule has 3 heterocycles. The number of aryl methyl sites for hydroxylation is 2. The molecule has 4 aromatic rings. The minimum atomic E-state index is -0.190. The third-order valence-electron chi connectivity index (χ3n) is 6.90. The minimum absolute atomic E-state index is 0.190. The Balaban J connectivity index is 1.25. The van der Waals surface area contributed by atoms with Crippen molar-refractivity contribution in [1.29, 1.82) is 0 Å². The highest BCUT2D eigenvalue weighted by Crippen LogP contribution is 2.29. The second kappa shape index (κ2) is 10.9. The predicted molar refractivity (Wildman–Crippen MR) is 150 cm³/mol. The van der Waals surface area contributed by atoms with Gasteiger partial charge >= 0.3 is 0 Å². The standard InChI is InChI=1S/C28H31BrN6O2/c1-18-15-19(6-8-23(18)29)32-28-33-24-16-21(7-9-26(24)35(28)3)37-22-11-13-30-25(17-22)27(36)31-12-10-20-5-4-14-34(20)2/h6-9,11,13,15-17,20H,4-5,10,12,14H2,1-3H3,(H,31,36)(H,32,33). The van der Waals surface area contributed by atoms with E-state index in [9.17, 15) is 4.79 Å². The first-order chi connectivity index (χ1) is 17.9. The number of hydrogen-bond acceptors (Lipinski definition) is 6. The normalized spacial score (nSPS) is 15.7. The number of nitrogens with zero attached hydrogens (tertiary/aromatic N) is 4. The lowest BCUT2D eigenvalue weighted by Crippen LogP contribution is -2.32. The lowest BCUT2D eigenvalue weighted by atomic mass is 10.1. The van der Waals surface area contributed by atoms with Gasteiger partial charge in [0.15, 0.2) is 0 Å². The summed E-state index contributed by atoms with van der Waals surface area (Å²) in [6.45, 7) is 3.82. The van der Waals surface area contributed by atoms with Crippen molar-refractivity contribution in [1.82, 2.24) is 24.8 Å². The maximum atomic E-state index is 12.6. The van der Waals surface area contributed by atoms with E-state index in [2.05, 4.69) is 56.5 Å². The molecule has 0 spiro atoms. The first kappa shape index (κ1) is 25.2. The van der Waals surface area contributed by atoms with Gasteiger partial charge in [-0.05, 0) is 81.7 Å². The molecule has 1 unspecified atom stereocenters. The van der Waals surface area contributed by atoms with Crippen molar-refractivity contribution in [3.8, 4) is 11.5 Å². The summed E-state index contributed by atoms with van der Waals surface area (Å²) in [6.07, 6.45) is 4.95. The summed E-state index contributed by atoms with van der Waals surface area (Å²) in [5, 5.41) is 6.38. The van der Waals surface area contributed by atoms with Gasteiger partial charge in [0.2, 0.25) is 5.95 Å².